The number of methoxy groups -OCH3 is 1. The highest BCUT2D eigenvalue weighted by Crippen LogP contribution is 2.11. The number of carbonyl (C=O) groups is 1. The second kappa shape index (κ2) is 7.68. The molecule has 0 aliphatic carbocycles. The maximum atomic E-state index is 11.0. The molecule has 0 radical (unpaired) electrons. The summed E-state index contributed by atoms with van der Waals surface area (Å²) < 4.78 is 4.59. The smallest absolute Gasteiger partial charge is 0.305 e. The van der Waals surface area contributed by atoms with E-state index in [1.807, 2.05) is 24.3 Å². The molecule has 17 heavy (non-hydrogen) atoms. The summed E-state index contributed by atoms with van der Waals surface area (Å²) in [5.41, 5.74) is 2.14. The fourth-order valence-corrected chi connectivity index (χ4v) is 1.45. The van der Waals surface area contributed by atoms with Crippen molar-refractivity contribution in [3.63, 3.8) is 0 Å². The van der Waals surface area contributed by atoms with E-state index in [0.717, 1.165) is 24.2 Å². The number of carbonyl (C=O) groups excluding carboxylic acids is 1. The lowest BCUT2D eigenvalue weighted by Crippen LogP contribution is -2.04. The first kappa shape index (κ1) is 13.5. The minimum Gasteiger partial charge on any atom is -0.469 e. The van der Waals surface area contributed by atoms with E-state index in [1.165, 1.54) is 7.11 Å². The van der Waals surface area contributed by atoms with E-state index in [-0.39, 0.29) is 12.6 Å². The van der Waals surface area contributed by atoms with Gasteiger partial charge in [0.2, 0.25) is 0 Å². The highest BCUT2D eigenvalue weighted by atomic mass is 16.5. The molecule has 0 saturated carbocycles. The molecule has 94 valence electrons. The van der Waals surface area contributed by atoms with Gasteiger partial charge in [0.05, 0.1) is 7.11 Å². The summed E-state index contributed by atoms with van der Waals surface area (Å²) in [6, 6.07) is 7.93. The Hall–Kier alpha value is -1.55. The van der Waals surface area contributed by atoms with E-state index < -0.39 is 0 Å². The van der Waals surface area contributed by atoms with Gasteiger partial charge in [0, 0.05) is 25.3 Å². The van der Waals surface area contributed by atoms with Gasteiger partial charge in [-0.1, -0.05) is 12.1 Å². The average molecular weight is 237 g/mol. The Morgan fingerprint density at radius 2 is 2.06 bits per heavy atom. The van der Waals surface area contributed by atoms with Crippen molar-refractivity contribution in [2.45, 2.75) is 19.3 Å². The Kier molecular flexibility index (Phi) is 6.10. The van der Waals surface area contributed by atoms with E-state index in [2.05, 4.69) is 10.1 Å². The summed E-state index contributed by atoms with van der Waals surface area (Å²) in [6.45, 7) is 0.961. The zero-order chi connectivity index (χ0) is 12.5. The molecule has 0 aromatic heterocycles. The molecule has 1 aromatic carbocycles. The van der Waals surface area contributed by atoms with Gasteiger partial charge in [-0.15, -0.1) is 0 Å². The maximum absolute atomic E-state index is 11.0. The molecule has 0 spiro atoms. The first-order valence-corrected chi connectivity index (χ1v) is 5.76. The van der Waals surface area contributed by atoms with Gasteiger partial charge in [0.15, 0.2) is 0 Å². The molecule has 1 aromatic rings. The van der Waals surface area contributed by atoms with Crippen LogP contribution >= 0.6 is 0 Å². The van der Waals surface area contributed by atoms with Crippen molar-refractivity contribution in [1.82, 2.24) is 0 Å². The van der Waals surface area contributed by atoms with Crippen molar-refractivity contribution in [3.05, 3.63) is 29.8 Å². The zero-order valence-electron chi connectivity index (χ0n) is 10.1. The summed E-state index contributed by atoms with van der Waals surface area (Å²) in [5, 5.41) is 11.8. The number of aliphatic hydroxyl groups excluding tert-OH is 1. The predicted molar refractivity (Wildman–Crippen MR) is 67.0 cm³/mol. The highest BCUT2D eigenvalue weighted by Gasteiger charge is 2.01. The van der Waals surface area contributed by atoms with Gasteiger partial charge >= 0.3 is 5.97 Å². The van der Waals surface area contributed by atoms with Crippen molar-refractivity contribution in [2.75, 3.05) is 25.6 Å². The lowest BCUT2D eigenvalue weighted by atomic mass is 10.1. The average Bonchev–Trinajstić information content (AvgIpc) is 2.37. The van der Waals surface area contributed by atoms with Crippen LogP contribution < -0.4 is 5.32 Å². The number of hydrogen-bond donors (Lipinski definition) is 2. The van der Waals surface area contributed by atoms with Gasteiger partial charge in [-0.3, -0.25) is 4.79 Å². The van der Waals surface area contributed by atoms with Gasteiger partial charge in [-0.05, 0) is 30.5 Å². The molecule has 0 aliphatic rings. The van der Waals surface area contributed by atoms with Crippen molar-refractivity contribution in [2.24, 2.45) is 0 Å². The summed E-state index contributed by atoms with van der Waals surface area (Å²) >= 11 is 0. The molecular weight excluding hydrogens is 218 g/mol. The fraction of sp³-hybridized carbons (Fsp3) is 0.462. The van der Waals surface area contributed by atoms with Crippen molar-refractivity contribution >= 4 is 11.7 Å². The Balaban J connectivity index is 2.36. The molecule has 0 fully saturated rings. The second-order valence-corrected chi connectivity index (χ2v) is 3.78. The third-order valence-electron chi connectivity index (χ3n) is 2.46. The maximum Gasteiger partial charge on any atom is 0.305 e. The molecular formula is C13H19NO3. The number of hydrogen-bond acceptors (Lipinski definition) is 4. The lowest BCUT2D eigenvalue weighted by molar-refractivity contribution is -0.140. The molecule has 0 unspecified atom stereocenters. The van der Waals surface area contributed by atoms with Crippen LogP contribution in [0.5, 0.6) is 0 Å². The van der Waals surface area contributed by atoms with Gasteiger partial charge < -0.3 is 15.2 Å². The Morgan fingerprint density at radius 1 is 1.35 bits per heavy atom. The Morgan fingerprint density at radius 3 is 2.65 bits per heavy atom. The summed E-state index contributed by atoms with van der Waals surface area (Å²) in [5.74, 6) is -0.185. The number of ether oxygens (including phenoxy) is 1. The SMILES string of the molecule is COC(=O)CCc1ccc(NCCCO)cc1. The number of anilines is 1. The number of aryl methyl sites for hydroxylation is 1. The topological polar surface area (TPSA) is 58.6 Å². The monoisotopic (exact) mass is 237 g/mol. The third-order valence-corrected chi connectivity index (χ3v) is 2.46. The van der Waals surface area contributed by atoms with Crippen LogP contribution in [0.15, 0.2) is 24.3 Å². The Labute approximate surface area is 102 Å². The van der Waals surface area contributed by atoms with Crippen molar-refractivity contribution in [1.29, 1.82) is 0 Å². The molecule has 0 saturated heterocycles. The van der Waals surface area contributed by atoms with Crippen LogP contribution in [0.3, 0.4) is 0 Å². The summed E-state index contributed by atoms with van der Waals surface area (Å²) in [4.78, 5) is 11.0. The highest BCUT2D eigenvalue weighted by molar-refractivity contribution is 5.69. The van der Waals surface area contributed by atoms with E-state index in [0.29, 0.717) is 12.8 Å². The molecule has 2 N–H and O–H groups in total. The number of nitrogens with one attached hydrogen (secondary N) is 1. The van der Waals surface area contributed by atoms with E-state index in [4.69, 9.17) is 5.11 Å². The molecule has 0 aliphatic heterocycles. The van der Waals surface area contributed by atoms with Crippen LogP contribution in [-0.4, -0.2) is 31.3 Å². The summed E-state index contributed by atoms with van der Waals surface area (Å²) in [7, 11) is 1.40. The fourth-order valence-electron chi connectivity index (χ4n) is 1.45. The Bertz CT molecular complexity index is 335. The van der Waals surface area contributed by atoms with Crippen LogP contribution in [0.2, 0.25) is 0 Å². The lowest BCUT2D eigenvalue weighted by Gasteiger charge is -2.06. The van der Waals surface area contributed by atoms with E-state index in [1.54, 1.807) is 0 Å². The number of aliphatic hydroxyl groups is 1. The molecule has 0 bridgehead atoms. The van der Waals surface area contributed by atoms with E-state index >= 15 is 0 Å². The van der Waals surface area contributed by atoms with E-state index in [9.17, 15) is 4.79 Å². The van der Waals surface area contributed by atoms with Crippen molar-refractivity contribution < 1.29 is 14.6 Å². The quantitative estimate of drug-likeness (QED) is 0.558. The third kappa shape index (κ3) is 5.36. The molecule has 4 heteroatoms. The van der Waals surface area contributed by atoms with Gasteiger partial charge in [0.1, 0.15) is 0 Å². The van der Waals surface area contributed by atoms with Gasteiger partial charge in [-0.25, -0.2) is 0 Å². The van der Waals surface area contributed by atoms with Crippen LogP contribution in [0.1, 0.15) is 18.4 Å². The number of benzene rings is 1. The van der Waals surface area contributed by atoms with Crippen LogP contribution in [-0.2, 0) is 16.0 Å². The van der Waals surface area contributed by atoms with Gasteiger partial charge in [-0.2, -0.15) is 0 Å². The second-order valence-electron chi connectivity index (χ2n) is 3.78. The molecule has 1 rings (SSSR count). The normalized spacial score (nSPS) is 10.0. The zero-order valence-corrected chi connectivity index (χ0v) is 10.1. The standard InChI is InChI=1S/C13H19NO3/c1-17-13(16)8-5-11-3-6-12(7-4-11)14-9-2-10-15/h3-4,6-7,14-15H,2,5,8-10H2,1H3. The van der Waals surface area contributed by atoms with Crippen LogP contribution in [0.25, 0.3) is 0 Å². The van der Waals surface area contributed by atoms with Gasteiger partial charge in [0.25, 0.3) is 0 Å². The van der Waals surface area contributed by atoms with Crippen LogP contribution in [0.4, 0.5) is 5.69 Å². The number of rotatable bonds is 7. The summed E-state index contributed by atoms with van der Waals surface area (Å²) in [6.07, 6.45) is 1.85. The first-order chi connectivity index (χ1) is 8.26. The molecule has 0 heterocycles. The molecule has 0 atom stereocenters. The predicted octanol–water partition coefficient (Wildman–Crippen LogP) is 1.59. The largest absolute Gasteiger partial charge is 0.469 e. The molecule has 4 nitrogen and oxygen atoms in total. The number of esters is 1. The minimum atomic E-state index is -0.185. The van der Waals surface area contributed by atoms with Crippen LogP contribution in [0, 0.1) is 0 Å². The first-order valence-electron chi connectivity index (χ1n) is 5.76. The van der Waals surface area contributed by atoms with Crippen molar-refractivity contribution in [3.8, 4) is 0 Å². The molecule has 0 amide bonds. The minimum absolute atomic E-state index is 0.185.